The lowest BCUT2D eigenvalue weighted by atomic mass is 10.0. The van der Waals surface area contributed by atoms with Crippen molar-refractivity contribution in [2.75, 3.05) is 25.9 Å². The Labute approximate surface area is 226 Å². The van der Waals surface area contributed by atoms with Crippen molar-refractivity contribution < 1.29 is 17.4 Å². The Bertz CT molecular complexity index is 1340. The molecule has 0 aliphatic carbocycles. The number of piperidine rings is 1. The fourth-order valence-electron chi connectivity index (χ4n) is 4.40. The Kier molecular flexibility index (Phi) is 10.2. The van der Waals surface area contributed by atoms with Crippen LogP contribution in [-0.2, 0) is 30.1 Å². The highest BCUT2D eigenvalue weighted by Gasteiger charge is 2.36. The Morgan fingerprint density at radius 1 is 1.08 bits per heavy atom. The van der Waals surface area contributed by atoms with Gasteiger partial charge < -0.3 is 5.73 Å². The molecule has 0 bridgehead atoms. The van der Waals surface area contributed by atoms with Gasteiger partial charge in [0.1, 0.15) is 0 Å². The molecule has 1 aromatic heterocycles. The fraction of sp³-hybridized carbons (Fsp3) is 0.440. The smallest absolute Gasteiger partial charge is 0.333 e. The van der Waals surface area contributed by atoms with Gasteiger partial charge in [-0.25, -0.2) is 4.98 Å². The first kappa shape index (κ1) is 29.6. The number of benzene rings is 2. The topological polar surface area (TPSA) is 81.2 Å². The summed E-state index contributed by atoms with van der Waals surface area (Å²) in [6.07, 6.45) is -0.536. The second-order valence-electron chi connectivity index (χ2n) is 8.51. The summed E-state index contributed by atoms with van der Waals surface area (Å²) >= 11 is 12.6. The number of hydrogen-bond acceptors (Lipinski definition) is 5. The Balaban J connectivity index is 0.00000186. The van der Waals surface area contributed by atoms with E-state index in [0.29, 0.717) is 34.3 Å². The second-order valence-corrected chi connectivity index (χ2v) is 11.0. The van der Waals surface area contributed by atoms with Crippen LogP contribution in [-0.4, -0.2) is 44.5 Å². The number of halogens is 5. The van der Waals surface area contributed by atoms with Crippen LogP contribution >= 0.6 is 23.2 Å². The molecule has 1 aliphatic heterocycles. The molecule has 0 amide bonds. The van der Waals surface area contributed by atoms with Gasteiger partial charge in [-0.1, -0.05) is 36.5 Å². The predicted octanol–water partition coefficient (Wildman–Crippen LogP) is 5.46. The molecule has 1 aliphatic rings. The van der Waals surface area contributed by atoms with Crippen molar-refractivity contribution in [3.8, 4) is 0 Å². The molecule has 2 N–H and O–H groups in total. The van der Waals surface area contributed by atoms with Crippen molar-refractivity contribution in [3.05, 3.63) is 67.7 Å². The van der Waals surface area contributed by atoms with Gasteiger partial charge in [0.25, 0.3) is 5.56 Å². The van der Waals surface area contributed by atoms with Gasteiger partial charge in [0.15, 0.2) is 0 Å². The van der Waals surface area contributed by atoms with Crippen LogP contribution in [0.1, 0.15) is 42.9 Å². The van der Waals surface area contributed by atoms with Crippen LogP contribution in [0.3, 0.4) is 0 Å². The molecule has 37 heavy (non-hydrogen) atoms. The average molecular weight is 578 g/mol. The zero-order valence-electron chi connectivity index (χ0n) is 20.6. The lowest BCUT2D eigenvalue weighted by Gasteiger charge is -2.28. The van der Waals surface area contributed by atoms with Crippen LogP contribution in [0.5, 0.6) is 0 Å². The first-order chi connectivity index (χ1) is 17.6. The molecule has 1 atom stereocenters. The second kappa shape index (κ2) is 12.7. The maximum Gasteiger partial charge on any atom is 0.416 e. The molecule has 1 saturated heterocycles. The summed E-state index contributed by atoms with van der Waals surface area (Å²) in [6.45, 7) is 3.16. The van der Waals surface area contributed by atoms with Crippen LogP contribution in [0, 0.1) is 0 Å². The Morgan fingerprint density at radius 3 is 2.38 bits per heavy atom. The molecule has 2 aromatic carbocycles. The average Bonchev–Trinajstić information content (AvgIpc) is 2.88. The van der Waals surface area contributed by atoms with E-state index in [1.807, 2.05) is 4.90 Å². The largest absolute Gasteiger partial charge is 0.416 e. The molecule has 0 radical (unpaired) electrons. The summed E-state index contributed by atoms with van der Waals surface area (Å²) in [6, 6.07) is 5.68. The fourth-order valence-corrected chi connectivity index (χ4v) is 5.85. The molecular weight excluding hydrogens is 548 g/mol. The number of aromatic nitrogens is 2. The SMILES string of the molecule is CCS(=O)c1ccc(Cl)cc1Cn1cnc2c(Cl)c(CN3CCCCC3)c(C(F)(F)F)cc2c1=O.CN. The summed E-state index contributed by atoms with van der Waals surface area (Å²) in [5.74, 6) is 0.365. The lowest BCUT2D eigenvalue weighted by Crippen LogP contribution is -2.30. The van der Waals surface area contributed by atoms with Gasteiger partial charge in [-0.15, -0.1) is 0 Å². The number of likely N-dealkylation sites (tertiary alicyclic amines) is 1. The predicted molar refractivity (Wildman–Crippen MR) is 143 cm³/mol. The normalized spacial score (nSPS) is 15.4. The molecule has 1 unspecified atom stereocenters. The van der Waals surface area contributed by atoms with E-state index >= 15 is 0 Å². The number of nitrogens with zero attached hydrogens (tertiary/aromatic N) is 3. The van der Waals surface area contributed by atoms with Crippen molar-refractivity contribution in [1.29, 1.82) is 0 Å². The zero-order valence-corrected chi connectivity index (χ0v) is 22.9. The van der Waals surface area contributed by atoms with Gasteiger partial charge in [-0.05, 0) is 68.4 Å². The van der Waals surface area contributed by atoms with Crippen molar-refractivity contribution in [2.45, 2.75) is 50.3 Å². The quantitative estimate of drug-likeness (QED) is 0.421. The van der Waals surface area contributed by atoms with Gasteiger partial charge in [0.2, 0.25) is 0 Å². The minimum absolute atomic E-state index is 0.0383. The van der Waals surface area contributed by atoms with E-state index in [0.717, 1.165) is 25.3 Å². The molecule has 202 valence electrons. The van der Waals surface area contributed by atoms with Crippen LogP contribution in [0.25, 0.3) is 10.9 Å². The van der Waals surface area contributed by atoms with E-state index in [9.17, 15) is 22.2 Å². The molecule has 4 rings (SSSR count). The van der Waals surface area contributed by atoms with Gasteiger partial charge in [0, 0.05) is 22.2 Å². The maximum atomic E-state index is 14.1. The molecule has 1 fully saturated rings. The molecule has 0 spiro atoms. The highest BCUT2D eigenvalue weighted by atomic mass is 35.5. The number of nitrogens with two attached hydrogens (primary N) is 1. The highest BCUT2D eigenvalue weighted by Crippen LogP contribution is 2.39. The van der Waals surface area contributed by atoms with Crippen LogP contribution in [0.4, 0.5) is 13.2 Å². The maximum absolute atomic E-state index is 14.1. The van der Waals surface area contributed by atoms with Gasteiger partial charge in [-0.3, -0.25) is 18.5 Å². The molecule has 3 aromatic rings. The van der Waals surface area contributed by atoms with Crippen LogP contribution in [0.2, 0.25) is 10.0 Å². The van der Waals surface area contributed by atoms with E-state index < -0.39 is 28.1 Å². The summed E-state index contributed by atoms with van der Waals surface area (Å²) < 4.78 is 55.8. The van der Waals surface area contributed by atoms with Crippen molar-refractivity contribution >= 4 is 44.9 Å². The molecular formula is C25H29Cl2F3N4O2S. The van der Waals surface area contributed by atoms with Crippen molar-refractivity contribution in [2.24, 2.45) is 5.73 Å². The molecule has 12 heteroatoms. The molecule has 0 saturated carbocycles. The third-order valence-corrected chi connectivity index (χ3v) is 8.22. The molecule has 6 nitrogen and oxygen atoms in total. The summed E-state index contributed by atoms with van der Waals surface area (Å²) in [4.78, 5) is 20.0. The van der Waals surface area contributed by atoms with Crippen molar-refractivity contribution in [1.82, 2.24) is 14.5 Å². The van der Waals surface area contributed by atoms with Gasteiger partial charge >= 0.3 is 6.18 Å². The Hall–Kier alpha value is -1.98. The van der Waals surface area contributed by atoms with Crippen molar-refractivity contribution in [3.63, 3.8) is 0 Å². The standard InChI is InChI=1S/C24H24Cl2F3N3O2S.CH5N/c1-2-35(34)20-7-6-16(25)10-15(20)12-32-14-30-22-17(23(32)33)11-19(24(27,28)29)18(21(22)26)13-31-8-4-3-5-9-31;1-2/h6-7,10-11,14H,2-5,8-9,12-13H2,1H3;2H2,1H3. The lowest BCUT2D eigenvalue weighted by molar-refractivity contribution is -0.138. The number of rotatable bonds is 6. The molecule has 2 heterocycles. The third-order valence-electron chi connectivity index (χ3n) is 6.17. The Morgan fingerprint density at radius 2 is 1.76 bits per heavy atom. The van der Waals surface area contributed by atoms with E-state index in [1.165, 1.54) is 17.9 Å². The highest BCUT2D eigenvalue weighted by molar-refractivity contribution is 7.85. The van der Waals surface area contributed by atoms with Crippen LogP contribution < -0.4 is 11.3 Å². The van der Waals surface area contributed by atoms with E-state index in [2.05, 4.69) is 10.7 Å². The number of hydrogen-bond donors (Lipinski definition) is 1. The van der Waals surface area contributed by atoms with Gasteiger partial charge in [-0.2, -0.15) is 13.2 Å². The zero-order chi connectivity index (χ0) is 27.3. The first-order valence-corrected chi connectivity index (χ1v) is 13.9. The number of alkyl halides is 3. The van der Waals surface area contributed by atoms with E-state index in [1.54, 1.807) is 25.1 Å². The van der Waals surface area contributed by atoms with E-state index in [-0.39, 0.29) is 34.6 Å². The minimum Gasteiger partial charge on any atom is -0.333 e. The summed E-state index contributed by atoms with van der Waals surface area (Å²) in [7, 11) is 0.187. The minimum atomic E-state index is -4.69. The number of fused-ring (bicyclic) bond motifs is 1. The third kappa shape index (κ3) is 6.72. The monoisotopic (exact) mass is 576 g/mol. The van der Waals surface area contributed by atoms with E-state index in [4.69, 9.17) is 23.2 Å². The summed E-state index contributed by atoms with van der Waals surface area (Å²) in [5.41, 5.74) is 3.42. The first-order valence-electron chi connectivity index (χ1n) is 11.8. The van der Waals surface area contributed by atoms with Gasteiger partial charge in [0.05, 0.1) is 45.2 Å². The summed E-state index contributed by atoms with van der Waals surface area (Å²) in [5, 5.41) is 0.0241. The van der Waals surface area contributed by atoms with Crippen LogP contribution in [0.15, 0.2) is 40.3 Å².